The highest BCUT2D eigenvalue weighted by Gasteiger charge is 2.65. The number of nitrogens with zero attached hydrogens (tertiary/aromatic N) is 5. The molecule has 9 nitrogen and oxygen atoms in total. The van der Waals surface area contributed by atoms with Crippen LogP contribution in [-0.2, 0) is 26.0 Å². The number of piperidine rings is 1. The fourth-order valence-electron chi connectivity index (χ4n) is 8.38. The van der Waals surface area contributed by atoms with Crippen LogP contribution in [0.4, 0.5) is 4.79 Å². The summed E-state index contributed by atoms with van der Waals surface area (Å²) in [5.74, 6) is 1.47. The second kappa shape index (κ2) is 13.1. The number of hydrogen-bond donors (Lipinski definition) is 0. The van der Waals surface area contributed by atoms with Gasteiger partial charge < -0.3 is 19.3 Å². The van der Waals surface area contributed by atoms with Crippen LogP contribution in [0.3, 0.4) is 0 Å². The summed E-state index contributed by atoms with van der Waals surface area (Å²) in [6.07, 6.45) is 2.74. The van der Waals surface area contributed by atoms with Crippen LogP contribution >= 0.6 is 23.2 Å². The predicted octanol–water partition coefficient (Wildman–Crippen LogP) is 7.52. The van der Waals surface area contributed by atoms with Crippen LogP contribution < -0.4 is 4.74 Å². The Bertz CT molecular complexity index is 1850. The van der Waals surface area contributed by atoms with Gasteiger partial charge in [-0.2, -0.15) is 0 Å². The van der Waals surface area contributed by atoms with E-state index in [1.807, 2.05) is 76.2 Å². The average Bonchev–Trinajstić information content (AvgIpc) is 3.43. The van der Waals surface area contributed by atoms with Crippen molar-refractivity contribution < 1.29 is 19.1 Å². The van der Waals surface area contributed by atoms with E-state index in [0.29, 0.717) is 53.4 Å². The van der Waals surface area contributed by atoms with Crippen molar-refractivity contribution in [3.8, 4) is 5.75 Å². The lowest BCUT2D eigenvalue weighted by atomic mass is 9.71. The van der Waals surface area contributed by atoms with Gasteiger partial charge >= 0.3 is 6.03 Å². The van der Waals surface area contributed by atoms with Gasteiger partial charge in [0.1, 0.15) is 22.7 Å². The summed E-state index contributed by atoms with van der Waals surface area (Å²) in [4.78, 5) is 44.9. The Morgan fingerprint density at radius 1 is 0.922 bits per heavy atom. The smallest absolute Gasteiger partial charge is 0.326 e. The number of aliphatic imine (C=N–C) groups is 1. The minimum Gasteiger partial charge on any atom is -0.493 e. The lowest BCUT2D eigenvalue weighted by molar-refractivity contribution is -0.132. The highest BCUT2D eigenvalue weighted by molar-refractivity contribution is 6.30. The van der Waals surface area contributed by atoms with Gasteiger partial charge in [0.15, 0.2) is 0 Å². The van der Waals surface area contributed by atoms with Crippen molar-refractivity contribution in [3.05, 3.63) is 93.2 Å². The van der Waals surface area contributed by atoms with Crippen molar-refractivity contribution in [1.82, 2.24) is 19.7 Å². The van der Waals surface area contributed by atoms with Gasteiger partial charge in [-0.1, -0.05) is 68.2 Å². The van der Waals surface area contributed by atoms with Crippen molar-refractivity contribution in [3.63, 3.8) is 0 Å². The Hall–Kier alpha value is -3.66. The van der Waals surface area contributed by atoms with Gasteiger partial charge in [0.25, 0.3) is 0 Å². The molecule has 0 spiro atoms. The number of carbonyl (C=O) groups is 2. The number of aromatic nitrogens is 1. The monoisotopic (exact) mass is 731 g/mol. The molecule has 51 heavy (non-hydrogen) atoms. The lowest BCUT2D eigenvalue weighted by Crippen LogP contribution is -2.58. The number of methoxy groups -OCH3 is 1. The van der Waals surface area contributed by atoms with Crippen LogP contribution in [0.25, 0.3) is 0 Å². The molecular weight excluding hydrogens is 685 g/mol. The van der Waals surface area contributed by atoms with E-state index < -0.39 is 11.1 Å². The molecule has 11 heteroatoms. The third kappa shape index (κ3) is 5.99. The summed E-state index contributed by atoms with van der Waals surface area (Å²) in [5.41, 5.74) is 1.04. The number of hydrogen-bond acceptors (Lipinski definition) is 6. The van der Waals surface area contributed by atoms with Crippen molar-refractivity contribution in [2.75, 3.05) is 39.9 Å². The van der Waals surface area contributed by atoms with Crippen LogP contribution in [-0.4, -0.2) is 83.5 Å². The number of amidine groups is 1. The van der Waals surface area contributed by atoms with E-state index in [1.54, 1.807) is 13.3 Å². The molecule has 1 aromatic heterocycles. The van der Waals surface area contributed by atoms with Gasteiger partial charge in [-0.05, 0) is 74.4 Å². The molecule has 2 aromatic carbocycles. The van der Waals surface area contributed by atoms with Gasteiger partial charge in [-0.3, -0.25) is 19.7 Å². The first-order chi connectivity index (χ1) is 24.2. The number of rotatable bonds is 7. The maximum Gasteiger partial charge on any atom is 0.326 e. The Balaban J connectivity index is 1.32. The molecule has 4 heterocycles. The Morgan fingerprint density at radius 2 is 1.53 bits per heavy atom. The number of fused-ring (bicyclic) bond motifs is 1. The van der Waals surface area contributed by atoms with E-state index in [-0.39, 0.29) is 41.2 Å². The number of benzene rings is 2. The molecular formula is C40H47Cl2N5O4. The zero-order chi connectivity index (χ0) is 36.5. The molecule has 7 rings (SSSR count). The second-order valence-corrected chi connectivity index (χ2v) is 16.5. The fourth-order valence-corrected chi connectivity index (χ4v) is 8.63. The largest absolute Gasteiger partial charge is 0.493 e. The Morgan fingerprint density at radius 3 is 2.08 bits per heavy atom. The fraction of sp³-hybridized carbons (Fsp3) is 0.500. The van der Waals surface area contributed by atoms with E-state index in [4.69, 9.17) is 42.7 Å². The van der Waals surface area contributed by atoms with Crippen molar-refractivity contribution in [2.45, 2.75) is 70.6 Å². The Kier molecular flexibility index (Phi) is 9.16. The summed E-state index contributed by atoms with van der Waals surface area (Å²) in [6, 6.07) is 17.1. The standard InChI is InChI=1S/C40H47Cl2N5O4/c1-8-51-32-19-33(38(2,3)4)43-20-29(32)35-44-39(5,24-9-13-26(41)14-10-24)40(6,25-11-15-27(42)16-12-25)47(35)37(49)46-22-30-31(23-46)34(30)36(48)45-18-17-28(21-45)50-7/h9-16,19-20,28,30-31,34H,8,17-18,21-23H2,1-7H3/t28?,30-,31+,34?,39-,40+/m0/s1. The molecule has 2 unspecified atom stereocenters. The number of likely N-dealkylation sites (tertiary alicyclic amines) is 2. The summed E-state index contributed by atoms with van der Waals surface area (Å²) in [6.45, 7) is 15.2. The van der Waals surface area contributed by atoms with Gasteiger partial charge in [0.2, 0.25) is 5.91 Å². The zero-order valence-electron chi connectivity index (χ0n) is 30.5. The molecule has 3 amide bonds. The number of halogens is 2. The van der Waals surface area contributed by atoms with E-state index >= 15 is 4.79 Å². The number of carbonyl (C=O) groups excluding carboxylic acids is 2. The molecule has 1 aliphatic carbocycles. The van der Waals surface area contributed by atoms with Crippen molar-refractivity contribution in [1.29, 1.82) is 0 Å². The van der Waals surface area contributed by atoms with Crippen LogP contribution in [0.2, 0.25) is 10.0 Å². The first-order valence-electron chi connectivity index (χ1n) is 17.9. The molecule has 0 radical (unpaired) electrons. The maximum absolute atomic E-state index is 15.3. The highest BCUT2D eigenvalue weighted by atomic mass is 35.5. The molecule has 1 saturated carbocycles. The molecule has 3 fully saturated rings. The molecule has 0 bridgehead atoms. The topological polar surface area (TPSA) is 87.6 Å². The number of pyridine rings is 1. The first-order valence-corrected chi connectivity index (χ1v) is 18.6. The summed E-state index contributed by atoms with van der Waals surface area (Å²) in [5, 5.41) is 1.21. The first kappa shape index (κ1) is 35.7. The molecule has 3 aromatic rings. The molecule has 3 aliphatic heterocycles. The summed E-state index contributed by atoms with van der Waals surface area (Å²) in [7, 11) is 1.70. The molecule has 6 atom stereocenters. The van der Waals surface area contributed by atoms with Crippen molar-refractivity contribution in [2.24, 2.45) is 22.7 Å². The number of amides is 3. The van der Waals surface area contributed by atoms with Crippen LogP contribution in [0.15, 0.2) is 65.8 Å². The van der Waals surface area contributed by atoms with Gasteiger partial charge in [0.05, 0.1) is 18.3 Å². The van der Waals surface area contributed by atoms with Crippen LogP contribution in [0.1, 0.15) is 70.3 Å². The third-order valence-electron chi connectivity index (χ3n) is 11.7. The van der Waals surface area contributed by atoms with E-state index in [9.17, 15) is 4.79 Å². The van der Waals surface area contributed by atoms with Gasteiger partial charge in [-0.15, -0.1) is 0 Å². The van der Waals surface area contributed by atoms with E-state index in [2.05, 4.69) is 34.6 Å². The highest BCUT2D eigenvalue weighted by Crippen LogP contribution is 2.57. The summed E-state index contributed by atoms with van der Waals surface area (Å²) >= 11 is 12.8. The number of urea groups is 1. The number of ether oxygens (including phenoxy) is 2. The van der Waals surface area contributed by atoms with E-state index in [1.165, 1.54) is 0 Å². The normalized spacial score (nSPS) is 28.6. The van der Waals surface area contributed by atoms with Crippen LogP contribution in [0, 0.1) is 17.8 Å². The minimum atomic E-state index is -1.03. The van der Waals surface area contributed by atoms with Crippen molar-refractivity contribution >= 4 is 41.0 Å². The molecule has 0 N–H and O–H groups in total. The maximum atomic E-state index is 15.3. The molecule has 2 saturated heterocycles. The lowest BCUT2D eigenvalue weighted by Gasteiger charge is -2.46. The average molecular weight is 733 g/mol. The predicted molar refractivity (Wildman–Crippen MR) is 200 cm³/mol. The summed E-state index contributed by atoms with van der Waals surface area (Å²) < 4.78 is 11.8. The zero-order valence-corrected chi connectivity index (χ0v) is 32.0. The Labute approximate surface area is 310 Å². The molecule has 270 valence electrons. The van der Waals surface area contributed by atoms with Crippen LogP contribution in [0.5, 0.6) is 5.75 Å². The molecule has 4 aliphatic rings. The van der Waals surface area contributed by atoms with Gasteiger partial charge in [-0.25, -0.2) is 4.79 Å². The van der Waals surface area contributed by atoms with E-state index in [0.717, 1.165) is 29.8 Å². The SMILES string of the molecule is CCOc1cc(C(C)(C)C)ncc1C1=N[C@@](C)(c2ccc(Cl)cc2)[C@@](C)(c2ccc(Cl)cc2)N1C(=O)N1C[C@@H]2C(C(=O)N3CCC(OC)C3)[C@@H]2C1. The minimum absolute atomic E-state index is 0.0583. The quantitative estimate of drug-likeness (QED) is 0.251. The van der Waals surface area contributed by atoms with Gasteiger partial charge in [0, 0.05) is 72.6 Å². The second-order valence-electron chi connectivity index (χ2n) is 15.6. The third-order valence-corrected chi connectivity index (χ3v) is 12.2.